The maximum Gasteiger partial charge on any atom is 0.164 e. The van der Waals surface area contributed by atoms with Crippen molar-refractivity contribution in [3.63, 3.8) is 0 Å². The van der Waals surface area contributed by atoms with Crippen LogP contribution < -0.4 is 0 Å². The second-order valence-electron chi connectivity index (χ2n) is 12.0. The van der Waals surface area contributed by atoms with Crippen molar-refractivity contribution in [2.45, 2.75) is 0 Å². The second kappa shape index (κ2) is 10.1. The van der Waals surface area contributed by atoms with Crippen molar-refractivity contribution in [1.82, 2.24) is 15.0 Å². The number of aromatic nitrogens is 3. The molecule has 1 aliphatic rings. The van der Waals surface area contributed by atoms with Crippen LogP contribution in [0.25, 0.3) is 100 Å². The van der Waals surface area contributed by atoms with Crippen molar-refractivity contribution in [2.75, 3.05) is 0 Å². The van der Waals surface area contributed by atoms with E-state index in [1.165, 1.54) is 43.8 Å². The van der Waals surface area contributed by atoms with Crippen LogP contribution in [0, 0.1) is 0 Å². The quantitative estimate of drug-likeness (QED) is 0.202. The lowest BCUT2D eigenvalue weighted by Crippen LogP contribution is -2.00. The molecule has 10 rings (SSSR count). The third-order valence-corrected chi connectivity index (χ3v) is 9.24. The molecule has 4 heteroatoms. The number of rotatable bonds is 4. The molecular formula is C43H25N3O. The summed E-state index contributed by atoms with van der Waals surface area (Å²) in [5, 5.41) is 4.83. The Morgan fingerprint density at radius 1 is 0.319 bits per heavy atom. The molecule has 218 valence electrons. The smallest absolute Gasteiger partial charge is 0.164 e. The van der Waals surface area contributed by atoms with Gasteiger partial charge in [0.25, 0.3) is 0 Å². The van der Waals surface area contributed by atoms with Crippen molar-refractivity contribution >= 4 is 32.7 Å². The van der Waals surface area contributed by atoms with Crippen LogP contribution in [0.3, 0.4) is 0 Å². The maximum atomic E-state index is 6.62. The van der Waals surface area contributed by atoms with E-state index in [2.05, 4.69) is 91.0 Å². The molecule has 0 amide bonds. The van der Waals surface area contributed by atoms with Gasteiger partial charge in [0.2, 0.25) is 0 Å². The number of fused-ring (bicyclic) bond motifs is 3. The highest BCUT2D eigenvalue weighted by Gasteiger charge is 2.24. The van der Waals surface area contributed by atoms with Gasteiger partial charge in [-0.3, -0.25) is 0 Å². The molecule has 2 aromatic heterocycles. The Labute approximate surface area is 270 Å². The van der Waals surface area contributed by atoms with E-state index in [1.54, 1.807) is 0 Å². The highest BCUT2D eigenvalue weighted by Crippen LogP contribution is 2.50. The van der Waals surface area contributed by atoms with Gasteiger partial charge in [0, 0.05) is 32.8 Å². The highest BCUT2D eigenvalue weighted by atomic mass is 16.3. The van der Waals surface area contributed by atoms with Gasteiger partial charge in [-0.2, -0.15) is 0 Å². The second-order valence-corrected chi connectivity index (χ2v) is 12.0. The molecule has 1 aliphatic carbocycles. The van der Waals surface area contributed by atoms with E-state index in [4.69, 9.17) is 19.4 Å². The van der Waals surface area contributed by atoms with Gasteiger partial charge in [-0.1, -0.05) is 127 Å². The molecular weight excluding hydrogens is 574 g/mol. The zero-order chi connectivity index (χ0) is 30.9. The first-order valence-corrected chi connectivity index (χ1v) is 15.8. The molecule has 0 bridgehead atoms. The SMILES string of the molecule is c1ccc(-c2nc(-c3ccccc3)nc(-c3cccc(-c4cc5c6c(c4)oc4ccc7cccc(c7c46)-c4ccccc4-5)c3)n2)cc1. The average molecular weight is 600 g/mol. The Bertz CT molecular complexity index is 2620. The van der Waals surface area contributed by atoms with Gasteiger partial charge in [0.05, 0.1) is 0 Å². The van der Waals surface area contributed by atoms with E-state index >= 15 is 0 Å². The number of furan rings is 1. The van der Waals surface area contributed by atoms with Crippen molar-refractivity contribution < 1.29 is 4.42 Å². The van der Waals surface area contributed by atoms with Gasteiger partial charge >= 0.3 is 0 Å². The Hall–Kier alpha value is -6.39. The van der Waals surface area contributed by atoms with E-state index in [9.17, 15) is 0 Å². The molecule has 0 radical (unpaired) electrons. The van der Waals surface area contributed by atoms with Crippen LogP contribution in [0.2, 0.25) is 0 Å². The number of nitrogens with zero attached hydrogens (tertiary/aromatic N) is 3. The molecule has 47 heavy (non-hydrogen) atoms. The minimum atomic E-state index is 0.630. The summed E-state index contributed by atoms with van der Waals surface area (Å²) in [6.07, 6.45) is 0. The minimum Gasteiger partial charge on any atom is -0.456 e. The van der Waals surface area contributed by atoms with Gasteiger partial charge in [-0.15, -0.1) is 0 Å². The van der Waals surface area contributed by atoms with E-state index in [-0.39, 0.29) is 0 Å². The molecule has 2 heterocycles. The summed E-state index contributed by atoms with van der Waals surface area (Å²) in [5.74, 6) is 1.92. The zero-order valence-electron chi connectivity index (χ0n) is 25.2. The Kier molecular flexibility index (Phi) is 5.54. The first kappa shape index (κ1) is 25.9. The molecule has 0 spiro atoms. The summed E-state index contributed by atoms with van der Waals surface area (Å²) in [6, 6.07) is 52.7. The molecule has 0 aliphatic heterocycles. The lowest BCUT2D eigenvalue weighted by atomic mass is 9.92. The normalized spacial score (nSPS) is 11.8. The van der Waals surface area contributed by atoms with Crippen LogP contribution in [0.15, 0.2) is 156 Å². The third-order valence-electron chi connectivity index (χ3n) is 9.24. The summed E-state index contributed by atoms with van der Waals surface area (Å²) >= 11 is 0. The molecule has 0 N–H and O–H groups in total. The lowest BCUT2D eigenvalue weighted by molar-refractivity contribution is 0.669. The highest BCUT2D eigenvalue weighted by molar-refractivity contribution is 6.29. The van der Waals surface area contributed by atoms with Crippen LogP contribution in [-0.2, 0) is 0 Å². The Morgan fingerprint density at radius 3 is 1.62 bits per heavy atom. The largest absolute Gasteiger partial charge is 0.456 e. The minimum absolute atomic E-state index is 0.630. The van der Waals surface area contributed by atoms with Crippen molar-refractivity contribution in [3.05, 3.63) is 152 Å². The van der Waals surface area contributed by atoms with Crippen molar-refractivity contribution in [3.8, 4) is 67.5 Å². The summed E-state index contributed by atoms with van der Waals surface area (Å²) < 4.78 is 6.62. The summed E-state index contributed by atoms with van der Waals surface area (Å²) in [7, 11) is 0. The molecule has 4 nitrogen and oxygen atoms in total. The van der Waals surface area contributed by atoms with Crippen molar-refractivity contribution in [2.24, 2.45) is 0 Å². The predicted octanol–water partition coefficient (Wildman–Crippen LogP) is 11.2. The standard InChI is InChI=1S/C43H25N3O/c1-3-11-27(12-4-1)41-44-42(28-13-5-2-6-14-28)46-43(45-41)30-17-9-16-29(23-30)31-24-35-33-19-8-7-18-32(33)34-20-10-15-26-21-22-36-40(38(26)34)39(35)37(25-31)47-36/h1-25H. The van der Waals surface area contributed by atoms with Crippen LogP contribution in [0.4, 0.5) is 0 Å². The number of benzene rings is 7. The fourth-order valence-electron chi connectivity index (χ4n) is 7.10. The predicted molar refractivity (Wildman–Crippen MR) is 191 cm³/mol. The lowest BCUT2D eigenvalue weighted by Gasteiger charge is -2.13. The monoisotopic (exact) mass is 599 g/mol. The fourth-order valence-corrected chi connectivity index (χ4v) is 7.10. The number of hydrogen-bond donors (Lipinski definition) is 0. The van der Waals surface area contributed by atoms with Crippen LogP contribution >= 0.6 is 0 Å². The molecule has 7 aromatic carbocycles. The van der Waals surface area contributed by atoms with E-state index in [0.717, 1.165) is 39.0 Å². The molecule has 0 saturated heterocycles. The van der Waals surface area contributed by atoms with Gasteiger partial charge in [0.15, 0.2) is 17.5 Å². The van der Waals surface area contributed by atoms with Gasteiger partial charge in [-0.05, 0) is 63.0 Å². The zero-order valence-corrected chi connectivity index (χ0v) is 25.2. The van der Waals surface area contributed by atoms with Gasteiger partial charge in [0.1, 0.15) is 11.2 Å². The van der Waals surface area contributed by atoms with Crippen LogP contribution in [-0.4, -0.2) is 15.0 Å². The average Bonchev–Trinajstić information content (AvgIpc) is 3.48. The van der Waals surface area contributed by atoms with Gasteiger partial charge in [-0.25, -0.2) is 15.0 Å². The summed E-state index contributed by atoms with van der Waals surface area (Å²) in [6.45, 7) is 0. The maximum absolute atomic E-state index is 6.62. The molecule has 0 fully saturated rings. The van der Waals surface area contributed by atoms with Crippen LogP contribution in [0.1, 0.15) is 0 Å². The number of hydrogen-bond acceptors (Lipinski definition) is 4. The molecule has 0 unspecified atom stereocenters. The molecule has 0 atom stereocenters. The molecule has 9 aromatic rings. The first-order chi connectivity index (χ1) is 23.3. The van der Waals surface area contributed by atoms with Gasteiger partial charge < -0.3 is 4.42 Å². The third kappa shape index (κ3) is 4.05. The fraction of sp³-hybridized carbons (Fsp3) is 0. The van der Waals surface area contributed by atoms with E-state index in [0.29, 0.717) is 17.5 Å². The topological polar surface area (TPSA) is 51.8 Å². The summed E-state index contributed by atoms with van der Waals surface area (Å²) in [5.41, 5.74) is 11.6. The van der Waals surface area contributed by atoms with Crippen LogP contribution in [0.5, 0.6) is 0 Å². The Balaban J connectivity index is 1.18. The van der Waals surface area contributed by atoms with E-state index in [1.807, 2.05) is 60.7 Å². The van der Waals surface area contributed by atoms with E-state index < -0.39 is 0 Å². The van der Waals surface area contributed by atoms with Crippen molar-refractivity contribution in [1.29, 1.82) is 0 Å². The Morgan fingerprint density at radius 2 is 0.894 bits per heavy atom. The molecule has 0 saturated carbocycles. The first-order valence-electron chi connectivity index (χ1n) is 15.8. The summed E-state index contributed by atoms with van der Waals surface area (Å²) in [4.78, 5) is 14.8.